The van der Waals surface area contributed by atoms with Crippen LogP contribution >= 0.6 is 23.4 Å². The number of halogens is 1. The van der Waals surface area contributed by atoms with E-state index in [1.165, 1.54) is 11.8 Å². The SMILES string of the molecule is CC1CN(CC2CCCN2C(=O)CSc2nnc(-c3ccc(Cl)cc3)o2)CC(C)O1. The predicted octanol–water partition coefficient (Wildman–Crippen LogP) is 3.58. The molecule has 2 aliphatic rings. The van der Waals surface area contributed by atoms with Gasteiger partial charge in [0.15, 0.2) is 0 Å². The molecule has 30 heavy (non-hydrogen) atoms. The molecule has 1 aromatic heterocycles. The lowest BCUT2D eigenvalue weighted by atomic mass is 10.1. The van der Waals surface area contributed by atoms with Crippen molar-refractivity contribution in [3.63, 3.8) is 0 Å². The van der Waals surface area contributed by atoms with E-state index in [-0.39, 0.29) is 24.2 Å². The molecule has 0 aliphatic carbocycles. The zero-order valence-corrected chi connectivity index (χ0v) is 18.9. The van der Waals surface area contributed by atoms with Crippen LogP contribution in [-0.4, -0.2) is 76.1 Å². The van der Waals surface area contributed by atoms with Gasteiger partial charge in [0.1, 0.15) is 0 Å². The van der Waals surface area contributed by atoms with Gasteiger partial charge >= 0.3 is 0 Å². The summed E-state index contributed by atoms with van der Waals surface area (Å²) in [5, 5.41) is 9.19. The fourth-order valence-corrected chi connectivity index (χ4v) is 5.04. The van der Waals surface area contributed by atoms with Gasteiger partial charge in [0.25, 0.3) is 5.22 Å². The molecule has 3 unspecified atom stereocenters. The first-order valence-corrected chi connectivity index (χ1v) is 11.7. The van der Waals surface area contributed by atoms with Crippen LogP contribution < -0.4 is 0 Å². The first kappa shape index (κ1) is 21.6. The summed E-state index contributed by atoms with van der Waals surface area (Å²) in [6.07, 6.45) is 2.58. The Morgan fingerprint density at radius 2 is 1.93 bits per heavy atom. The normalized spacial score (nSPS) is 25.0. The monoisotopic (exact) mass is 450 g/mol. The zero-order valence-electron chi connectivity index (χ0n) is 17.3. The highest BCUT2D eigenvalue weighted by atomic mass is 35.5. The number of benzene rings is 1. The molecule has 1 amide bonds. The number of carbonyl (C=O) groups is 1. The van der Waals surface area contributed by atoms with Gasteiger partial charge in [-0.15, -0.1) is 10.2 Å². The number of aromatic nitrogens is 2. The average Bonchev–Trinajstić information content (AvgIpc) is 3.35. The second kappa shape index (κ2) is 9.68. The van der Waals surface area contributed by atoms with Crippen molar-refractivity contribution in [3.8, 4) is 11.5 Å². The van der Waals surface area contributed by atoms with Crippen LogP contribution in [-0.2, 0) is 9.53 Å². The third-order valence-electron chi connectivity index (χ3n) is 5.48. The van der Waals surface area contributed by atoms with Crippen molar-refractivity contribution < 1.29 is 13.9 Å². The molecule has 0 saturated carbocycles. The maximum absolute atomic E-state index is 12.9. The predicted molar refractivity (Wildman–Crippen MR) is 117 cm³/mol. The minimum absolute atomic E-state index is 0.128. The minimum atomic E-state index is 0.128. The molecule has 2 aromatic rings. The Hall–Kier alpha value is -1.61. The maximum atomic E-state index is 12.9. The highest BCUT2D eigenvalue weighted by Gasteiger charge is 2.32. The molecule has 0 spiro atoms. The van der Waals surface area contributed by atoms with E-state index in [9.17, 15) is 4.79 Å². The molecule has 1 aromatic carbocycles. The molecule has 4 rings (SSSR count). The fourth-order valence-electron chi connectivity index (χ4n) is 4.27. The Labute approximate surface area is 186 Å². The van der Waals surface area contributed by atoms with Gasteiger partial charge in [-0.1, -0.05) is 23.4 Å². The molecule has 2 aliphatic heterocycles. The quantitative estimate of drug-likeness (QED) is 0.623. The Morgan fingerprint density at radius 1 is 1.20 bits per heavy atom. The van der Waals surface area contributed by atoms with E-state index in [4.69, 9.17) is 20.8 Å². The lowest BCUT2D eigenvalue weighted by Gasteiger charge is -2.38. The summed E-state index contributed by atoms with van der Waals surface area (Å²) in [5.74, 6) is 0.855. The first-order valence-electron chi connectivity index (χ1n) is 10.4. The maximum Gasteiger partial charge on any atom is 0.277 e. The molecule has 0 N–H and O–H groups in total. The molecule has 0 bridgehead atoms. The zero-order chi connectivity index (χ0) is 21.1. The second-order valence-corrected chi connectivity index (χ2v) is 9.39. The number of thioether (sulfide) groups is 1. The highest BCUT2D eigenvalue weighted by Crippen LogP contribution is 2.26. The van der Waals surface area contributed by atoms with Gasteiger partial charge in [-0.25, -0.2) is 0 Å². The Bertz CT molecular complexity index is 852. The third kappa shape index (κ3) is 5.35. The van der Waals surface area contributed by atoms with Gasteiger partial charge in [0.2, 0.25) is 11.8 Å². The van der Waals surface area contributed by atoms with Crippen molar-refractivity contribution in [1.29, 1.82) is 0 Å². The number of carbonyl (C=O) groups excluding carboxylic acids is 1. The standard InChI is InChI=1S/C21H27ClN4O3S/c1-14-10-25(11-15(2)28-14)12-18-4-3-9-26(18)19(27)13-30-21-24-23-20(29-21)16-5-7-17(22)8-6-16/h5-8,14-15,18H,3-4,9-13H2,1-2H3. The van der Waals surface area contributed by atoms with E-state index < -0.39 is 0 Å². The Kier molecular flexibility index (Phi) is 6.98. The van der Waals surface area contributed by atoms with Gasteiger partial charge in [0.05, 0.1) is 18.0 Å². The van der Waals surface area contributed by atoms with Crippen LogP contribution in [0.4, 0.5) is 0 Å². The number of rotatable bonds is 6. The van der Waals surface area contributed by atoms with E-state index in [1.807, 2.05) is 17.0 Å². The van der Waals surface area contributed by atoms with Crippen LogP contribution in [0.3, 0.4) is 0 Å². The number of morpholine rings is 1. The molecule has 3 atom stereocenters. The van der Waals surface area contributed by atoms with Crippen molar-refractivity contribution in [1.82, 2.24) is 20.0 Å². The van der Waals surface area contributed by atoms with Gasteiger partial charge in [-0.05, 0) is 51.0 Å². The number of ether oxygens (including phenoxy) is 1. The van der Waals surface area contributed by atoms with Crippen molar-refractivity contribution in [2.75, 3.05) is 31.9 Å². The molecule has 9 heteroatoms. The smallest absolute Gasteiger partial charge is 0.277 e. The average molecular weight is 451 g/mol. The molecular weight excluding hydrogens is 424 g/mol. The van der Waals surface area contributed by atoms with Gasteiger partial charge in [-0.2, -0.15) is 0 Å². The molecule has 2 saturated heterocycles. The van der Waals surface area contributed by atoms with Gasteiger partial charge in [0, 0.05) is 42.8 Å². The summed E-state index contributed by atoms with van der Waals surface area (Å²) in [7, 11) is 0. The van der Waals surface area contributed by atoms with Crippen LogP contribution in [0.1, 0.15) is 26.7 Å². The topological polar surface area (TPSA) is 71.7 Å². The number of likely N-dealkylation sites (tertiary alicyclic amines) is 1. The number of nitrogens with zero attached hydrogens (tertiary/aromatic N) is 4. The summed E-state index contributed by atoms with van der Waals surface area (Å²) < 4.78 is 11.5. The summed E-state index contributed by atoms with van der Waals surface area (Å²) in [4.78, 5) is 17.3. The molecule has 2 fully saturated rings. The number of hydrogen-bond donors (Lipinski definition) is 0. The fraction of sp³-hybridized carbons (Fsp3) is 0.571. The van der Waals surface area contributed by atoms with Crippen LogP contribution in [0, 0.1) is 0 Å². The summed E-state index contributed by atoms with van der Waals surface area (Å²) in [5.41, 5.74) is 0.804. The molecule has 162 valence electrons. The van der Waals surface area contributed by atoms with Crippen molar-refractivity contribution >= 4 is 29.3 Å². The van der Waals surface area contributed by atoms with Gasteiger partial charge < -0.3 is 14.1 Å². The van der Waals surface area contributed by atoms with E-state index in [0.717, 1.165) is 44.6 Å². The summed E-state index contributed by atoms with van der Waals surface area (Å²) >= 11 is 7.21. The second-order valence-electron chi connectivity index (χ2n) is 8.03. The molecule has 7 nitrogen and oxygen atoms in total. The summed E-state index contributed by atoms with van der Waals surface area (Å²) in [6, 6.07) is 7.49. The van der Waals surface area contributed by atoms with Crippen molar-refractivity contribution in [2.24, 2.45) is 0 Å². The number of amides is 1. The molecule has 3 heterocycles. The van der Waals surface area contributed by atoms with E-state index in [0.29, 0.717) is 21.9 Å². The van der Waals surface area contributed by atoms with Crippen molar-refractivity contribution in [3.05, 3.63) is 29.3 Å². The Balaban J connectivity index is 1.30. The van der Waals surface area contributed by atoms with Crippen LogP contribution in [0.15, 0.2) is 33.9 Å². The largest absolute Gasteiger partial charge is 0.411 e. The van der Waals surface area contributed by atoms with Crippen molar-refractivity contribution in [2.45, 2.75) is 50.2 Å². The Morgan fingerprint density at radius 3 is 2.67 bits per heavy atom. The molecule has 0 radical (unpaired) electrons. The van der Waals surface area contributed by atoms with E-state index in [2.05, 4.69) is 28.9 Å². The summed E-state index contributed by atoms with van der Waals surface area (Å²) in [6.45, 7) is 7.80. The lowest BCUT2D eigenvalue weighted by molar-refractivity contribution is -0.130. The van der Waals surface area contributed by atoms with Crippen LogP contribution in [0.5, 0.6) is 0 Å². The first-order chi connectivity index (χ1) is 14.5. The number of hydrogen-bond acceptors (Lipinski definition) is 7. The third-order valence-corrected chi connectivity index (χ3v) is 6.53. The minimum Gasteiger partial charge on any atom is -0.411 e. The molecular formula is C21H27ClN4O3S. The van der Waals surface area contributed by atoms with E-state index in [1.54, 1.807) is 12.1 Å². The van der Waals surface area contributed by atoms with E-state index >= 15 is 0 Å². The van der Waals surface area contributed by atoms with Crippen LogP contribution in [0.2, 0.25) is 5.02 Å². The highest BCUT2D eigenvalue weighted by molar-refractivity contribution is 7.99. The van der Waals surface area contributed by atoms with Crippen LogP contribution in [0.25, 0.3) is 11.5 Å². The lowest BCUT2D eigenvalue weighted by Crippen LogP contribution is -2.51. The van der Waals surface area contributed by atoms with Gasteiger partial charge in [-0.3, -0.25) is 9.69 Å².